The number of carbonyl (C=O) groups is 2. The minimum absolute atomic E-state index is 0.0495. The Balaban J connectivity index is 1.16. The van der Waals surface area contributed by atoms with E-state index in [9.17, 15) is 9.59 Å². The Morgan fingerprint density at radius 3 is 2.71 bits per heavy atom. The van der Waals surface area contributed by atoms with Gasteiger partial charge in [0.05, 0.1) is 19.1 Å². The molecular formula is C31H37NO6. The zero-order valence-corrected chi connectivity index (χ0v) is 22.1. The van der Waals surface area contributed by atoms with Gasteiger partial charge in [-0.15, -0.1) is 0 Å². The normalized spacial score (nSPS) is 30.3. The smallest absolute Gasteiger partial charge is 0.493 e. The maximum Gasteiger partial charge on any atom is 0.508 e. The van der Waals surface area contributed by atoms with E-state index < -0.39 is 23.3 Å². The largest absolute Gasteiger partial charge is 0.508 e. The molecule has 6 rings (SSSR count). The summed E-state index contributed by atoms with van der Waals surface area (Å²) in [6, 6.07) is 14.3. The first-order valence-electron chi connectivity index (χ1n) is 14.0. The van der Waals surface area contributed by atoms with E-state index in [1.165, 1.54) is 5.56 Å². The van der Waals surface area contributed by atoms with Crippen LogP contribution in [0.2, 0.25) is 0 Å². The molecule has 1 heterocycles. The molecule has 4 aliphatic rings. The van der Waals surface area contributed by atoms with E-state index in [1.807, 2.05) is 12.1 Å². The van der Waals surface area contributed by atoms with Gasteiger partial charge in [0.25, 0.3) is 0 Å². The third-order valence-corrected chi connectivity index (χ3v) is 9.46. The van der Waals surface area contributed by atoms with E-state index in [4.69, 9.17) is 24.7 Å². The number of hydrogen-bond donors (Lipinski definition) is 1. The lowest BCUT2D eigenvalue weighted by atomic mass is 9.44. The van der Waals surface area contributed by atoms with Crippen molar-refractivity contribution in [2.75, 3.05) is 13.7 Å². The number of unbranched alkanes of at least 4 members (excludes halogenated alkanes) is 3. The van der Waals surface area contributed by atoms with Crippen molar-refractivity contribution in [1.82, 2.24) is 0 Å². The number of hydrogen-bond acceptors (Lipinski definition) is 7. The van der Waals surface area contributed by atoms with Crippen molar-refractivity contribution in [1.29, 1.82) is 0 Å². The summed E-state index contributed by atoms with van der Waals surface area (Å²) in [7, 11) is 1.61. The SMILES string of the molecule is COc1ccc2c3c1OC1C(=O)CCC4(OC(=O)OCCCCCCc5ccccc5)C(C2)C(N)CCC314. The molecule has 2 N–H and O–H groups in total. The van der Waals surface area contributed by atoms with Crippen LogP contribution in [0.15, 0.2) is 42.5 Å². The van der Waals surface area contributed by atoms with Gasteiger partial charge in [0.1, 0.15) is 5.60 Å². The Morgan fingerprint density at radius 2 is 1.89 bits per heavy atom. The summed E-state index contributed by atoms with van der Waals surface area (Å²) < 4.78 is 24.0. The van der Waals surface area contributed by atoms with Crippen LogP contribution >= 0.6 is 0 Å². The first-order valence-corrected chi connectivity index (χ1v) is 14.0. The first kappa shape index (κ1) is 25.2. The number of carbonyl (C=O) groups excluding carboxylic acids is 2. The summed E-state index contributed by atoms with van der Waals surface area (Å²) in [6.07, 6.45) is 6.45. The van der Waals surface area contributed by atoms with Crippen molar-refractivity contribution in [3.63, 3.8) is 0 Å². The van der Waals surface area contributed by atoms with Gasteiger partial charge in [0, 0.05) is 23.9 Å². The summed E-state index contributed by atoms with van der Waals surface area (Å²) in [6.45, 7) is 0.318. The number of nitrogens with two attached hydrogens (primary N) is 1. The Kier molecular flexibility index (Phi) is 6.58. The average molecular weight is 520 g/mol. The third kappa shape index (κ3) is 3.81. The van der Waals surface area contributed by atoms with Crippen molar-refractivity contribution >= 4 is 11.9 Å². The van der Waals surface area contributed by atoms with Gasteiger partial charge in [-0.25, -0.2) is 4.79 Å². The van der Waals surface area contributed by atoms with Crippen molar-refractivity contribution in [3.8, 4) is 11.5 Å². The third-order valence-electron chi connectivity index (χ3n) is 9.46. The molecule has 2 fully saturated rings. The molecule has 202 valence electrons. The topological polar surface area (TPSA) is 97.1 Å². The Bertz CT molecular complexity index is 1210. The Morgan fingerprint density at radius 1 is 1.08 bits per heavy atom. The minimum atomic E-state index is -0.930. The molecule has 7 nitrogen and oxygen atoms in total. The van der Waals surface area contributed by atoms with Gasteiger partial charge in [-0.3, -0.25) is 4.79 Å². The molecule has 2 aromatic rings. The van der Waals surface area contributed by atoms with Gasteiger partial charge < -0.3 is 24.7 Å². The maximum absolute atomic E-state index is 13.2. The lowest BCUT2D eigenvalue weighted by Crippen LogP contribution is -2.74. The monoisotopic (exact) mass is 519 g/mol. The van der Waals surface area contributed by atoms with Gasteiger partial charge in [-0.1, -0.05) is 49.2 Å². The molecule has 7 heteroatoms. The average Bonchev–Trinajstić information content (AvgIpc) is 3.29. The number of ketones is 1. The molecule has 0 amide bonds. The molecule has 0 radical (unpaired) electrons. The fourth-order valence-electron chi connectivity index (χ4n) is 7.79. The molecule has 2 saturated carbocycles. The molecule has 0 saturated heterocycles. The van der Waals surface area contributed by atoms with Crippen LogP contribution in [0.5, 0.6) is 11.5 Å². The molecule has 5 atom stereocenters. The highest BCUT2D eigenvalue weighted by atomic mass is 16.7. The van der Waals surface area contributed by atoms with Crippen LogP contribution in [0, 0.1) is 5.92 Å². The standard InChI is InChI=1S/C31H37NO6/c1-35-25-13-12-21-19-22-23(32)14-16-30-26(21)27(25)37-28(30)24(33)15-17-31(22,30)38-29(34)36-18-8-3-2-5-9-20-10-6-4-7-11-20/h4,6-7,10-13,22-23,28H,2-3,5,8-9,14-19,32H2,1H3. The summed E-state index contributed by atoms with van der Waals surface area (Å²) in [5.74, 6) is 1.18. The molecule has 38 heavy (non-hydrogen) atoms. The van der Waals surface area contributed by atoms with E-state index in [-0.39, 0.29) is 24.2 Å². The molecule has 0 aromatic heterocycles. The second-order valence-electron chi connectivity index (χ2n) is 11.3. The van der Waals surface area contributed by atoms with Gasteiger partial charge in [0.2, 0.25) is 0 Å². The predicted octanol–water partition coefficient (Wildman–Crippen LogP) is 5.05. The van der Waals surface area contributed by atoms with E-state index in [0.717, 1.165) is 49.7 Å². The van der Waals surface area contributed by atoms with Crippen LogP contribution in [0.25, 0.3) is 0 Å². The Labute approximate surface area is 224 Å². The highest BCUT2D eigenvalue weighted by Gasteiger charge is 2.75. The molecule has 1 spiro atoms. The summed E-state index contributed by atoms with van der Waals surface area (Å²) >= 11 is 0. The number of benzene rings is 2. The number of rotatable bonds is 9. The summed E-state index contributed by atoms with van der Waals surface area (Å²) in [5.41, 5.74) is 8.45. The first-order chi connectivity index (χ1) is 18.5. The molecule has 1 aliphatic heterocycles. The quantitative estimate of drug-likeness (QED) is 0.366. The fraction of sp³-hybridized carbons (Fsp3) is 0.548. The second kappa shape index (κ2) is 9.92. The lowest BCUT2D eigenvalue weighted by molar-refractivity contribution is -0.189. The Hall–Kier alpha value is -3.06. The van der Waals surface area contributed by atoms with Crippen LogP contribution in [-0.4, -0.2) is 43.4 Å². The van der Waals surface area contributed by atoms with Gasteiger partial charge in [0.15, 0.2) is 23.4 Å². The maximum atomic E-state index is 13.2. The second-order valence-corrected chi connectivity index (χ2v) is 11.3. The van der Waals surface area contributed by atoms with Crippen molar-refractivity contribution < 1.29 is 28.5 Å². The van der Waals surface area contributed by atoms with Crippen LogP contribution in [-0.2, 0) is 32.5 Å². The number of aryl methyl sites for hydroxylation is 1. The van der Waals surface area contributed by atoms with E-state index in [0.29, 0.717) is 37.4 Å². The molecule has 2 bridgehead atoms. The van der Waals surface area contributed by atoms with Crippen LogP contribution in [0.3, 0.4) is 0 Å². The van der Waals surface area contributed by atoms with E-state index in [2.05, 4.69) is 30.3 Å². The number of methoxy groups -OCH3 is 1. The number of ether oxygens (including phenoxy) is 4. The predicted molar refractivity (Wildman–Crippen MR) is 142 cm³/mol. The summed E-state index contributed by atoms with van der Waals surface area (Å²) in [5, 5.41) is 0. The van der Waals surface area contributed by atoms with Gasteiger partial charge in [-0.05, 0) is 62.1 Å². The lowest BCUT2D eigenvalue weighted by Gasteiger charge is -2.62. The van der Waals surface area contributed by atoms with Gasteiger partial charge >= 0.3 is 6.16 Å². The van der Waals surface area contributed by atoms with Crippen LogP contribution in [0.1, 0.15) is 68.1 Å². The van der Waals surface area contributed by atoms with E-state index >= 15 is 0 Å². The highest BCUT2D eigenvalue weighted by Crippen LogP contribution is 2.68. The zero-order chi connectivity index (χ0) is 26.3. The van der Waals surface area contributed by atoms with Crippen molar-refractivity contribution in [2.45, 2.75) is 87.4 Å². The molecule has 2 aromatic carbocycles. The molecule has 3 aliphatic carbocycles. The van der Waals surface area contributed by atoms with Crippen molar-refractivity contribution in [2.24, 2.45) is 11.7 Å². The van der Waals surface area contributed by atoms with Gasteiger partial charge in [-0.2, -0.15) is 0 Å². The van der Waals surface area contributed by atoms with Crippen molar-refractivity contribution in [3.05, 3.63) is 59.2 Å². The fourth-order valence-corrected chi connectivity index (χ4v) is 7.79. The molecule has 5 unspecified atom stereocenters. The minimum Gasteiger partial charge on any atom is -0.493 e. The van der Waals surface area contributed by atoms with Crippen LogP contribution < -0.4 is 15.2 Å². The highest BCUT2D eigenvalue weighted by molar-refractivity contribution is 5.90. The summed E-state index contributed by atoms with van der Waals surface area (Å²) in [4.78, 5) is 26.4. The van der Waals surface area contributed by atoms with E-state index in [1.54, 1.807) is 7.11 Å². The van der Waals surface area contributed by atoms with Crippen LogP contribution in [0.4, 0.5) is 4.79 Å². The molecular weight excluding hydrogens is 482 g/mol. The number of Topliss-reactive ketones (excluding diaryl/α,β-unsaturated/α-hetero) is 1. The zero-order valence-electron chi connectivity index (χ0n) is 22.1.